The molecule has 0 spiro atoms. The van der Waals surface area contributed by atoms with Gasteiger partial charge >= 0.3 is 0 Å². The first-order valence-electron chi connectivity index (χ1n) is 11.4. The van der Waals surface area contributed by atoms with E-state index in [2.05, 4.69) is 18.7 Å². The molecule has 0 saturated carbocycles. The van der Waals surface area contributed by atoms with Gasteiger partial charge in [-0.25, -0.2) is 0 Å². The van der Waals surface area contributed by atoms with Gasteiger partial charge in [0.05, 0.1) is 17.8 Å². The minimum atomic E-state index is -0.778. The number of hydrogen-bond donors (Lipinski definition) is 1. The van der Waals surface area contributed by atoms with Crippen LogP contribution in [-0.2, 0) is 9.59 Å². The molecule has 1 fully saturated rings. The summed E-state index contributed by atoms with van der Waals surface area (Å²) in [5.74, 6) is 0.324. The van der Waals surface area contributed by atoms with Crippen LogP contribution in [0.3, 0.4) is 0 Å². The summed E-state index contributed by atoms with van der Waals surface area (Å²) in [6.07, 6.45) is 0. The number of aliphatic hydroxyl groups is 1. The molecule has 2 aromatic rings. The Morgan fingerprint density at radius 2 is 1.94 bits per heavy atom. The average molecular weight is 454 g/mol. The van der Waals surface area contributed by atoms with Crippen molar-refractivity contribution >= 4 is 23.1 Å². The highest BCUT2D eigenvalue weighted by Gasteiger charge is 2.47. The number of likely N-dealkylation sites (tertiary alicyclic amines) is 1. The molecule has 1 aromatic heterocycles. The van der Waals surface area contributed by atoms with E-state index < -0.39 is 17.7 Å². The number of ketones is 1. The second kappa shape index (κ2) is 9.31. The summed E-state index contributed by atoms with van der Waals surface area (Å²) in [4.78, 5) is 31.9. The fraction of sp³-hybridized carbons (Fsp3) is 0.440. The Bertz CT molecular complexity index is 1090. The number of ether oxygens (including phenoxy) is 1. The number of aliphatic hydroxyl groups excluding tert-OH is 1. The Labute approximate surface area is 194 Å². The number of hydrogen-bond acceptors (Lipinski definition) is 7. The van der Waals surface area contributed by atoms with Gasteiger partial charge < -0.3 is 29.0 Å². The van der Waals surface area contributed by atoms with Crippen molar-refractivity contribution in [3.63, 3.8) is 0 Å². The van der Waals surface area contributed by atoms with Gasteiger partial charge in [0.2, 0.25) is 0 Å². The lowest BCUT2D eigenvalue weighted by atomic mass is 9.98. The molecule has 0 radical (unpaired) electrons. The average Bonchev–Trinajstić information content (AvgIpc) is 3.35. The fourth-order valence-electron chi connectivity index (χ4n) is 4.45. The molecule has 1 atom stereocenters. The van der Waals surface area contributed by atoms with Crippen molar-refractivity contribution in [1.29, 1.82) is 0 Å². The summed E-state index contributed by atoms with van der Waals surface area (Å²) in [5, 5.41) is 11.3. The first kappa shape index (κ1) is 22.9. The second-order valence-corrected chi connectivity index (χ2v) is 8.42. The Morgan fingerprint density at radius 1 is 1.18 bits per heavy atom. The van der Waals surface area contributed by atoms with Crippen LogP contribution in [0.2, 0.25) is 0 Å². The topological polar surface area (TPSA) is 86.5 Å². The van der Waals surface area contributed by atoms with E-state index in [1.165, 1.54) is 4.90 Å². The molecule has 2 aliphatic rings. The van der Waals surface area contributed by atoms with Crippen LogP contribution in [0.5, 0.6) is 5.75 Å². The number of furan rings is 1. The van der Waals surface area contributed by atoms with Crippen molar-refractivity contribution in [3.8, 4) is 5.75 Å². The van der Waals surface area contributed by atoms with E-state index in [1.807, 2.05) is 18.9 Å². The molecule has 4 rings (SSSR count). The normalized spacial score (nSPS) is 19.8. The van der Waals surface area contributed by atoms with E-state index in [9.17, 15) is 14.7 Å². The summed E-state index contributed by atoms with van der Waals surface area (Å²) in [6, 6.07) is 8.06. The second-order valence-electron chi connectivity index (χ2n) is 8.42. The van der Waals surface area contributed by atoms with Gasteiger partial charge in [-0.1, -0.05) is 13.8 Å². The predicted molar refractivity (Wildman–Crippen MR) is 125 cm³/mol. The highest BCUT2D eigenvalue weighted by Crippen LogP contribution is 2.41. The van der Waals surface area contributed by atoms with Gasteiger partial charge in [0.1, 0.15) is 35.7 Å². The molecule has 8 heteroatoms. The zero-order chi connectivity index (χ0) is 23.7. The predicted octanol–water partition coefficient (Wildman–Crippen LogP) is 3.18. The zero-order valence-corrected chi connectivity index (χ0v) is 19.6. The SMILES string of the molecule is CCN(CC)CCN1C(=O)C(=O)/C(=C(\O)c2ccc3c(c2)N(C)CCO3)C1c1ccc(C)o1. The fourth-order valence-corrected chi connectivity index (χ4v) is 4.45. The first-order valence-corrected chi connectivity index (χ1v) is 11.4. The monoisotopic (exact) mass is 453 g/mol. The smallest absolute Gasteiger partial charge is 0.295 e. The molecule has 0 bridgehead atoms. The lowest BCUT2D eigenvalue weighted by molar-refractivity contribution is -0.140. The number of benzene rings is 1. The highest BCUT2D eigenvalue weighted by atomic mass is 16.5. The van der Waals surface area contributed by atoms with Crippen LogP contribution in [0.4, 0.5) is 5.69 Å². The van der Waals surface area contributed by atoms with Crippen LogP contribution in [-0.4, -0.2) is 73.0 Å². The zero-order valence-electron chi connectivity index (χ0n) is 19.6. The Morgan fingerprint density at radius 3 is 2.61 bits per heavy atom. The molecule has 1 N–H and O–H groups in total. The van der Waals surface area contributed by atoms with E-state index in [4.69, 9.17) is 9.15 Å². The van der Waals surface area contributed by atoms with E-state index >= 15 is 0 Å². The van der Waals surface area contributed by atoms with Crippen molar-refractivity contribution in [2.75, 3.05) is 51.3 Å². The van der Waals surface area contributed by atoms with Crippen molar-refractivity contribution in [2.45, 2.75) is 26.8 Å². The Balaban J connectivity index is 1.78. The maximum absolute atomic E-state index is 13.2. The van der Waals surface area contributed by atoms with Crippen molar-refractivity contribution < 1.29 is 23.8 Å². The third-order valence-corrected chi connectivity index (χ3v) is 6.45. The maximum atomic E-state index is 13.2. The number of carbonyl (C=O) groups excluding carboxylic acids is 2. The van der Waals surface area contributed by atoms with E-state index in [-0.39, 0.29) is 11.3 Å². The third-order valence-electron chi connectivity index (χ3n) is 6.45. The summed E-state index contributed by atoms with van der Waals surface area (Å²) >= 11 is 0. The maximum Gasteiger partial charge on any atom is 0.295 e. The quantitative estimate of drug-likeness (QED) is 0.391. The minimum absolute atomic E-state index is 0.0493. The number of rotatable bonds is 7. The molecule has 176 valence electrons. The summed E-state index contributed by atoms with van der Waals surface area (Å²) in [7, 11) is 1.95. The number of Topliss-reactive ketones (excluding diaryl/α,β-unsaturated/α-hetero) is 1. The standard InChI is InChI=1S/C25H31N3O5/c1-5-27(6-2)11-12-28-22(20-9-7-16(3)33-20)21(24(30)25(28)31)23(29)17-8-10-19-18(15-17)26(4)13-14-32-19/h7-10,15,22,29H,5-6,11-14H2,1-4H3/b23-21-. The number of carbonyl (C=O) groups is 2. The summed E-state index contributed by atoms with van der Waals surface area (Å²) < 4.78 is 11.5. The number of likely N-dealkylation sites (N-methyl/N-ethyl adjacent to an activating group) is 2. The number of fused-ring (bicyclic) bond motifs is 1. The minimum Gasteiger partial charge on any atom is -0.507 e. The number of aryl methyl sites for hydroxylation is 1. The molecular weight excluding hydrogens is 422 g/mol. The molecule has 33 heavy (non-hydrogen) atoms. The van der Waals surface area contributed by atoms with Crippen LogP contribution >= 0.6 is 0 Å². The number of anilines is 1. The Kier molecular flexibility index (Phi) is 6.47. The molecule has 1 aromatic carbocycles. The van der Waals surface area contributed by atoms with E-state index in [1.54, 1.807) is 30.3 Å². The molecule has 2 aliphatic heterocycles. The van der Waals surface area contributed by atoms with Crippen LogP contribution < -0.4 is 9.64 Å². The van der Waals surface area contributed by atoms with Crippen LogP contribution in [0, 0.1) is 6.92 Å². The van der Waals surface area contributed by atoms with Gasteiger partial charge in [-0.3, -0.25) is 9.59 Å². The van der Waals surface area contributed by atoms with E-state index in [0.29, 0.717) is 36.8 Å². The lowest BCUT2D eigenvalue weighted by Gasteiger charge is -2.28. The molecule has 1 saturated heterocycles. The lowest BCUT2D eigenvalue weighted by Crippen LogP contribution is -2.37. The summed E-state index contributed by atoms with van der Waals surface area (Å²) in [5.41, 5.74) is 1.33. The largest absolute Gasteiger partial charge is 0.507 e. The van der Waals surface area contributed by atoms with Gasteiger partial charge in [-0.05, 0) is 50.3 Å². The van der Waals surface area contributed by atoms with Crippen molar-refractivity contribution in [1.82, 2.24) is 9.80 Å². The van der Waals surface area contributed by atoms with Gasteiger partial charge in [0.25, 0.3) is 11.7 Å². The summed E-state index contributed by atoms with van der Waals surface area (Å²) in [6.45, 7) is 9.90. The molecule has 3 heterocycles. The highest BCUT2D eigenvalue weighted by molar-refractivity contribution is 6.46. The first-order chi connectivity index (χ1) is 15.8. The van der Waals surface area contributed by atoms with E-state index in [0.717, 1.165) is 31.1 Å². The number of amides is 1. The van der Waals surface area contributed by atoms with Gasteiger partial charge in [0.15, 0.2) is 0 Å². The number of nitrogens with zero attached hydrogens (tertiary/aromatic N) is 3. The van der Waals surface area contributed by atoms with Crippen LogP contribution in [0.15, 0.2) is 40.3 Å². The van der Waals surface area contributed by atoms with Gasteiger partial charge in [0, 0.05) is 25.7 Å². The molecule has 8 nitrogen and oxygen atoms in total. The third kappa shape index (κ3) is 4.23. The van der Waals surface area contributed by atoms with Gasteiger partial charge in [-0.2, -0.15) is 0 Å². The van der Waals surface area contributed by atoms with Crippen LogP contribution in [0.1, 0.15) is 37.0 Å². The molecule has 1 amide bonds. The van der Waals surface area contributed by atoms with Crippen LogP contribution in [0.25, 0.3) is 5.76 Å². The molecular formula is C25H31N3O5. The van der Waals surface area contributed by atoms with Gasteiger partial charge in [-0.15, -0.1) is 0 Å². The van der Waals surface area contributed by atoms with Crippen molar-refractivity contribution in [2.24, 2.45) is 0 Å². The molecule has 0 aliphatic carbocycles. The molecule has 1 unspecified atom stereocenters. The Hall–Kier alpha value is -3.26. The van der Waals surface area contributed by atoms with Crippen molar-refractivity contribution in [3.05, 3.63) is 53.0 Å².